The number of aliphatic carboxylic acids is 1. The first-order valence-corrected chi connectivity index (χ1v) is 9.42. The van der Waals surface area contributed by atoms with Gasteiger partial charge in [-0.1, -0.05) is 25.9 Å². The lowest BCUT2D eigenvalue weighted by molar-refractivity contribution is -0.139. The van der Waals surface area contributed by atoms with E-state index in [4.69, 9.17) is 15.1 Å². The Labute approximate surface area is 114 Å². The van der Waals surface area contributed by atoms with Crippen molar-refractivity contribution in [2.24, 2.45) is 17.0 Å². The number of hydrogen-bond donors (Lipinski definition) is 1. The van der Waals surface area contributed by atoms with Crippen LogP contribution in [0.4, 0.5) is 0 Å². The Bertz CT molecular complexity index is 400. The van der Waals surface area contributed by atoms with E-state index in [1.165, 1.54) is 0 Å². The van der Waals surface area contributed by atoms with E-state index in [9.17, 15) is 4.79 Å². The van der Waals surface area contributed by atoms with Crippen molar-refractivity contribution < 1.29 is 14.3 Å². The van der Waals surface area contributed by atoms with Gasteiger partial charge in [0, 0.05) is 4.91 Å². The second kappa shape index (κ2) is 5.52. The first kappa shape index (κ1) is 16.0. The third-order valence-corrected chi connectivity index (χ3v) is 8.72. The summed E-state index contributed by atoms with van der Waals surface area (Å²) in [5.74, 6) is -1.14. The lowest BCUT2D eigenvalue weighted by Crippen LogP contribution is -2.45. The van der Waals surface area contributed by atoms with E-state index in [1.54, 1.807) is 0 Å². The van der Waals surface area contributed by atoms with Gasteiger partial charge in [-0.3, -0.25) is 4.79 Å². The lowest BCUT2D eigenvalue weighted by atomic mass is 10.2. The van der Waals surface area contributed by atoms with Crippen molar-refractivity contribution in [1.29, 1.82) is 0 Å². The number of rotatable bonds is 6. The zero-order chi connectivity index (χ0) is 14.8. The molecule has 6 nitrogen and oxygen atoms in total. The van der Waals surface area contributed by atoms with Crippen LogP contribution in [-0.2, 0) is 9.22 Å². The SMILES string of the molecule is CC(C)(C)[Si](C)(C)O[C@H](CN=[N+]=[N-])[C@@H]1C[C@H]1C(=O)O. The number of carboxylic acid groups (broad SMARTS) is 1. The highest BCUT2D eigenvalue weighted by Gasteiger charge is 2.51. The summed E-state index contributed by atoms with van der Waals surface area (Å²) in [6.45, 7) is 10.8. The highest BCUT2D eigenvalue weighted by atomic mass is 28.4. The van der Waals surface area contributed by atoms with Crippen LogP contribution in [0.3, 0.4) is 0 Å². The fourth-order valence-electron chi connectivity index (χ4n) is 1.84. The summed E-state index contributed by atoms with van der Waals surface area (Å²) in [6.07, 6.45) is 0.355. The Hall–Kier alpha value is -1.04. The van der Waals surface area contributed by atoms with Crippen LogP contribution in [0.25, 0.3) is 10.4 Å². The van der Waals surface area contributed by atoms with E-state index >= 15 is 0 Å². The van der Waals surface area contributed by atoms with Gasteiger partial charge in [-0.25, -0.2) is 0 Å². The maximum atomic E-state index is 11.0. The van der Waals surface area contributed by atoms with Gasteiger partial charge in [0.2, 0.25) is 0 Å². The van der Waals surface area contributed by atoms with Crippen LogP contribution in [0.5, 0.6) is 0 Å². The van der Waals surface area contributed by atoms with E-state index in [0.717, 1.165) is 0 Å². The van der Waals surface area contributed by atoms with Crippen LogP contribution in [0.2, 0.25) is 18.1 Å². The molecule has 7 heteroatoms. The number of carboxylic acids is 1. The minimum absolute atomic E-state index is 0.0166. The Morgan fingerprint density at radius 3 is 2.53 bits per heavy atom. The van der Waals surface area contributed by atoms with Gasteiger partial charge in [-0.2, -0.15) is 0 Å². The van der Waals surface area contributed by atoms with Crippen LogP contribution < -0.4 is 0 Å². The van der Waals surface area contributed by atoms with Crippen LogP contribution >= 0.6 is 0 Å². The van der Waals surface area contributed by atoms with Crippen molar-refractivity contribution in [3.63, 3.8) is 0 Å². The number of carbonyl (C=O) groups is 1. The number of hydrogen-bond acceptors (Lipinski definition) is 3. The Morgan fingerprint density at radius 1 is 1.58 bits per heavy atom. The fourth-order valence-corrected chi connectivity index (χ4v) is 3.20. The van der Waals surface area contributed by atoms with Gasteiger partial charge in [-0.15, -0.1) is 0 Å². The fraction of sp³-hybridized carbons (Fsp3) is 0.917. The minimum Gasteiger partial charge on any atom is -0.481 e. The van der Waals surface area contributed by atoms with E-state index in [0.29, 0.717) is 6.42 Å². The van der Waals surface area contributed by atoms with E-state index in [-0.39, 0.29) is 29.5 Å². The summed E-state index contributed by atoms with van der Waals surface area (Å²) in [6, 6.07) is 0. The van der Waals surface area contributed by atoms with E-state index in [2.05, 4.69) is 43.9 Å². The van der Waals surface area contributed by atoms with Crippen molar-refractivity contribution in [3.05, 3.63) is 10.4 Å². The van der Waals surface area contributed by atoms with Gasteiger partial charge in [0.15, 0.2) is 8.32 Å². The topological polar surface area (TPSA) is 95.3 Å². The Balaban J connectivity index is 2.77. The second-order valence-electron chi connectivity index (χ2n) is 6.67. The van der Waals surface area contributed by atoms with Crippen molar-refractivity contribution in [2.75, 3.05) is 6.54 Å². The highest BCUT2D eigenvalue weighted by Crippen LogP contribution is 2.46. The molecule has 0 aromatic carbocycles. The molecule has 0 bridgehead atoms. The largest absolute Gasteiger partial charge is 0.481 e. The van der Waals surface area contributed by atoms with Gasteiger partial charge in [0.1, 0.15) is 0 Å². The average molecular weight is 285 g/mol. The summed E-state index contributed by atoms with van der Waals surface area (Å²) >= 11 is 0. The van der Waals surface area contributed by atoms with Crippen molar-refractivity contribution in [3.8, 4) is 0 Å². The average Bonchev–Trinajstić information content (AvgIpc) is 3.02. The van der Waals surface area contributed by atoms with Crippen LogP contribution in [0, 0.1) is 11.8 Å². The molecule has 0 aromatic rings. The van der Waals surface area contributed by atoms with Crippen LogP contribution in [-0.4, -0.2) is 32.0 Å². The molecule has 0 unspecified atom stereocenters. The van der Waals surface area contributed by atoms with Gasteiger partial charge in [0.05, 0.1) is 18.6 Å². The molecule has 1 aliphatic carbocycles. The molecule has 1 saturated carbocycles. The third kappa shape index (κ3) is 3.96. The highest BCUT2D eigenvalue weighted by molar-refractivity contribution is 6.74. The second-order valence-corrected chi connectivity index (χ2v) is 11.4. The summed E-state index contributed by atoms with van der Waals surface area (Å²) < 4.78 is 6.22. The molecule has 1 rings (SSSR count). The monoisotopic (exact) mass is 285 g/mol. The molecule has 19 heavy (non-hydrogen) atoms. The maximum Gasteiger partial charge on any atom is 0.306 e. The summed E-state index contributed by atoms with van der Waals surface area (Å²) in [5, 5.41) is 12.6. The molecular formula is C12H23N3O3Si. The normalized spacial score (nSPS) is 24.5. The zero-order valence-electron chi connectivity index (χ0n) is 12.3. The van der Waals surface area contributed by atoms with Gasteiger partial charge in [0.25, 0.3) is 0 Å². The van der Waals surface area contributed by atoms with E-state index < -0.39 is 14.3 Å². The van der Waals surface area contributed by atoms with Crippen molar-refractivity contribution in [1.82, 2.24) is 0 Å². The number of nitrogens with zero attached hydrogens (tertiary/aromatic N) is 3. The molecule has 0 spiro atoms. The quantitative estimate of drug-likeness (QED) is 0.350. The van der Waals surface area contributed by atoms with Gasteiger partial charge in [-0.05, 0) is 36.0 Å². The summed E-state index contributed by atoms with van der Waals surface area (Å²) in [7, 11) is -1.98. The van der Waals surface area contributed by atoms with Crippen molar-refractivity contribution >= 4 is 14.3 Å². The zero-order valence-corrected chi connectivity index (χ0v) is 13.3. The molecule has 1 aliphatic rings. The van der Waals surface area contributed by atoms with Crippen LogP contribution in [0.1, 0.15) is 27.2 Å². The lowest BCUT2D eigenvalue weighted by Gasteiger charge is -2.39. The maximum absolute atomic E-state index is 11.0. The molecule has 0 radical (unpaired) electrons. The Kier molecular flexibility index (Phi) is 4.66. The molecule has 0 aliphatic heterocycles. The predicted octanol–water partition coefficient (Wildman–Crippen LogP) is 3.41. The molecule has 0 aromatic heterocycles. The first-order chi connectivity index (χ1) is 8.60. The van der Waals surface area contributed by atoms with Crippen molar-refractivity contribution in [2.45, 2.75) is 51.4 Å². The summed E-state index contributed by atoms with van der Waals surface area (Å²) in [4.78, 5) is 13.7. The third-order valence-electron chi connectivity index (χ3n) is 4.21. The van der Waals surface area contributed by atoms with E-state index in [1.807, 2.05) is 0 Å². The Morgan fingerprint density at radius 2 is 2.16 bits per heavy atom. The molecular weight excluding hydrogens is 262 g/mol. The van der Waals surface area contributed by atoms with Gasteiger partial charge >= 0.3 is 5.97 Å². The predicted molar refractivity (Wildman–Crippen MR) is 75.3 cm³/mol. The molecule has 1 N–H and O–H groups in total. The first-order valence-electron chi connectivity index (χ1n) is 6.51. The minimum atomic E-state index is -1.98. The molecule has 0 amide bonds. The molecule has 0 saturated heterocycles. The molecule has 0 heterocycles. The van der Waals surface area contributed by atoms with Crippen LogP contribution in [0.15, 0.2) is 5.11 Å². The van der Waals surface area contributed by atoms with Gasteiger partial charge < -0.3 is 9.53 Å². The standard InChI is InChI=1S/C12H23N3O3Si/c1-12(2,3)19(4,5)18-10(7-14-15-13)8-6-9(8)11(16)17/h8-10H,6-7H2,1-5H3,(H,16,17)/t8-,9-,10-/m1/s1. The summed E-state index contributed by atoms with van der Waals surface area (Å²) in [5.41, 5.74) is 8.45. The number of azide groups is 1. The smallest absolute Gasteiger partial charge is 0.306 e. The molecule has 3 atom stereocenters. The molecule has 1 fully saturated rings. The molecule has 108 valence electrons.